The monoisotopic (exact) mass is 414 g/mol. The number of benzene rings is 2. The Morgan fingerprint density at radius 3 is 2.23 bits per heavy atom. The zero-order valence-corrected chi connectivity index (χ0v) is 18.6. The molecule has 1 unspecified atom stereocenters. The Kier molecular flexibility index (Phi) is 8.24. The highest BCUT2D eigenvalue weighted by Crippen LogP contribution is 2.29. The van der Waals surface area contributed by atoms with Crippen molar-refractivity contribution in [2.45, 2.75) is 26.8 Å². The minimum Gasteiger partial charge on any atom is -0.497 e. The van der Waals surface area contributed by atoms with Crippen LogP contribution >= 0.6 is 0 Å². The van der Waals surface area contributed by atoms with Gasteiger partial charge < -0.3 is 25.0 Å². The Labute approximate surface area is 178 Å². The molecular formula is C23H32N3O4+. The molecule has 0 saturated heterocycles. The van der Waals surface area contributed by atoms with Gasteiger partial charge in [0.1, 0.15) is 11.5 Å². The van der Waals surface area contributed by atoms with Gasteiger partial charge >= 0.3 is 0 Å². The van der Waals surface area contributed by atoms with Gasteiger partial charge in [0, 0.05) is 11.3 Å². The molecule has 0 aromatic heterocycles. The van der Waals surface area contributed by atoms with Crippen LogP contribution in [0.25, 0.3) is 0 Å². The summed E-state index contributed by atoms with van der Waals surface area (Å²) in [6.07, 6.45) is 0. The van der Waals surface area contributed by atoms with E-state index in [1.807, 2.05) is 64.2 Å². The molecule has 2 amide bonds. The summed E-state index contributed by atoms with van der Waals surface area (Å²) in [6, 6.07) is 11.1. The van der Waals surface area contributed by atoms with Crippen LogP contribution in [0, 0.1) is 13.8 Å². The number of aryl methyl sites for hydroxylation is 2. The Morgan fingerprint density at radius 1 is 1.00 bits per heavy atom. The number of hydrogen-bond acceptors (Lipinski definition) is 4. The van der Waals surface area contributed by atoms with Gasteiger partial charge in [-0.15, -0.1) is 0 Å². The van der Waals surface area contributed by atoms with Gasteiger partial charge in [0.2, 0.25) is 0 Å². The molecule has 0 fully saturated rings. The zero-order chi connectivity index (χ0) is 22.3. The predicted octanol–water partition coefficient (Wildman–Crippen LogP) is 1.65. The lowest BCUT2D eigenvalue weighted by molar-refractivity contribution is -0.862. The number of rotatable bonds is 9. The molecule has 0 heterocycles. The van der Waals surface area contributed by atoms with Crippen molar-refractivity contribution in [3.8, 4) is 11.5 Å². The number of hydrogen-bond donors (Lipinski definition) is 3. The van der Waals surface area contributed by atoms with Crippen molar-refractivity contribution in [3.63, 3.8) is 0 Å². The van der Waals surface area contributed by atoms with E-state index in [9.17, 15) is 9.59 Å². The topological polar surface area (TPSA) is 81.1 Å². The fraction of sp³-hybridized carbons (Fsp3) is 0.391. The number of nitrogens with one attached hydrogen (secondary N) is 3. The molecule has 2 rings (SSSR count). The van der Waals surface area contributed by atoms with Crippen molar-refractivity contribution in [2.24, 2.45) is 0 Å². The Balaban J connectivity index is 1.92. The largest absolute Gasteiger partial charge is 0.497 e. The molecule has 2 aromatic carbocycles. The van der Waals surface area contributed by atoms with E-state index < -0.39 is 0 Å². The van der Waals surface area contributed by atoms with Gasteiger partial charge in [0.05, 0.1) is 27.3 Å². The first-order chi connectivity index (χ1) is 14.2. The van der Waals surface area contributed by atoms with Crippen molar-refractivity contribution in [1.82, 2.24) is 5.32 Å². The molecule has 0 radical (unpaired) electrons. The number of quaternary nitrogens is 1. The van der Waals surface area contributed by atoms with E-state index in [0.717, 1.165) is 27.3 Å². The van der Waals surface area contributed by atoms with Crippen molar-refractivity contribution in [2.75, 3.05) is 39.7 Å². The average molecular weight is 415 g/mol. The molecule has 0 spiro atoms. The van der Waals surface area contributed by atoms with E-state index in [1.165, 1.54) is 0 Å². The number of ether oxygens (including phenoxy) is 2. The van der Waals surface area contributed by atoms with Crippen LogP contribution in [-0.2, 0) is 9.59 Å². The highest BCUT2D eigenvalue weighted by atomic mass is 16.5. The lowest BCUT2D eigenvalue weighted by Gasteiger charge is -2.20. The number of para-hydroxylation sites is 1. The molecule has 0 saturated carbocycles. The predicted molar refractivity (Wildman–Crippen MR) is 117 cm³/mol. The van der Waals surface area contributed by atoms with E-state index in [0.29, 0.717) is 11.5 Å². The summed E-state index contributed by atoms with van der Waals surface area (Å²) in [5.74, 6) is 1.10. The smallest absolute Gasteiger partial charge is 0.279 e. The maximum absolute atomic E-state index is 12.5. The van der Waals surface area contributed by atoms with Crippen LogP contribution in [-0.4, -0.2) is 46.2 Å². The van der Waals surface area contributed by atoms with E-state index in [2.05, 4.69) is 10.6 Å². The highest BCUT2D eigenvalue weighted by molar-refractivity contribution is 5.93. The van der Waals surface area contributed by atoms with E-state index in [-0.39, 0.29) is 30.9 Å². The summed E-state index contributed by atoms with van der Waals surface area (Å²) in [5, 5.41) is 5.92. The third-order valence-electron chi connectivity index (χ3n) is 4.95. The van der Waals surface area contributed by atoms with Gasteiger partial charge in [0.15, 0.2) is 13.1 Å². The number of likely N-dealkylation sites (N-methyl/N-ethyl adjacent to an activating group) is 1. The molecular weight excluding hydrogens is 382 g/mol. The van der Waals surface area contributed by atoms with Gasteiger partial charge in [-0.1, -0.05) is 18.2 Å². The molecule has 0 aliphatic rings. The summed E-state index contributed by atoms with van der Waals surface area (Å²) >= 11 is 0. The maximum Gasteiger partial charge on any atom is 0.279 e. The Morgan fingerprint density at radius 2 is 1.63 bits per heavy atom. The van der Waals surface area contributed by atoms with Gasteiger partial charge in [0.25, 0.3) is 11.8 Å². The first-order valence-electron chi connectivity index (χ1n) is 9.93. The minimum atomic E-state index is -0.265. The van der Waals surface area contributed by atoms with Crippen molar-refractivity contribution in [1.29, 1.82) is 0 Å². The molecule has 7 nitrogen and oxygen atoms in total. The van der Waals surface area contributed by atoms with Gasteiger partial charge in [-0.3, -0.25) is 9.59 Å². The third kappa shape index (κ3) is 6.22. The molecule has 7 heteroatoms. The van der Waals surface area contributed by atoms with Crippen LogP contribution in [0.1, 0.15) is 29.7 Å². The second-order valence-corrected chi connectivity index (χ2v) is 7.52. The standard InChI is InChI=1S/C23H31N3O4/c1-15-8-7-9-16(2)23(15)25-22(28)14-26(4)13-21(27)24-17(3)19-12-18(29-5)10-11-20(19)30-6/h7-12,17H,13-14H2,1-6H3,(H,24,27)(H,25,28)/p+1/t17-/m0/s1. The summed E-state index contributed by atoms with van der Waals surface area (Å²) in [7, 11) is 5.00. The van der Waals surface area contributed by atoms with E-state index >= 15 is 0 Å². The number of methoxy groups -OCH3 is 2. The minimum absolute atomic E-state index is 0.125. The average Bonchev–Trinajstić information content (AvgIpc) is 2.69. The van der Waals surface area contributed by atoms with Gasteiger partial charge in [-0.05, 0) is 50.1 Å². The fourth-order valence-electron chi connectivity index (χ4n) is 3.35. The summed E-state index contributed by atoms with van der Waals surface area (Å²) in [4.78, 5) is 25.7. The van der Waals surface area contributed by atoms with Crippen LogP contribution in [0.4, 0.5) is 5.69 Å². The lowest BCUT2D eigenvalue weighted by atomic mass is 10.1. The Hall–Kier alpha value is -3.06. The number of anilines is 1. The second kappa shape index (κ2) is 10.6. The first-order valence-corrected chi connectivity index (χ1v) is 9.93. The molecule has 3 N–H and O–H groups in total. The van der Waals surface area contributed by atoms with E-state index in [4.69, 9.17) is 9.47 Å². The van der Waals surface area contributed by atoms with Crippen LogP contribution in [0.2, 0.25) is 0 Å². The molecule has 0 bridgehead atoms. The quantitative estimate of drug-likeness (QED) is 0.583. The maximum atomic E-state index is 12.5. The van der Waals surface area contributed by atoms with Crippen LogP contribution in [0.5, 0.6) is 11.5 Å². The molecule has 30 heavy (non-hydrogen) atoms. The first kappa shape index (κ1) is 23.2. The van der Waals surface area contributed by atoms with Crippen LogP contribution < -0.4 is 25.0 Å². The summed E-state index contributed by atoms with van der Waals surface area (Å²) < 4.78 is 10.7. The SMILES string of the molecule is COc1ccc(OC)c([C@H](C)NC(=O)C[NH+](C)CC(=O)Nc2c(C)cccc2C)c1. The lowest BCUT2D eigenvalue weighted by Crippen LogP contribution is -3.11. The number of amides is 2. The number of carbonyl (C=O) groups excluding carboxylic acids is 2. The summed E-state index contributed by atoms with van der Waals surface area (Å²) in [5.41, 5.74) is 3.69. The molecule has 2 aromatic rings. The second-order valence-electron chi connectivity index (χ2n) is 7.52. The van der Waals surface area contributed by atoms with Gasteiger partial charge in [-0.2, -0.15) is 0 Å². The zero-order valence-electron chi connectivity index (χ0n) is 18.6. The van der Waals surface area contributed by atoms with Crippen molar-refractivity contribution in [3.05, 3.63) is 53.1 Å². The normalized spacial score (nSPS) is 12.6. The molecule has 162 valence electrons. The number of carbonyl (C=O) groups is 2. The van der Waals surface area contributed by atoms with Crippen LogP contribution in [0.3, 0.4) is 0 Å². The molecule has 0 aliphatic carbocycles. The third-order valence-corrected chi connectivity index (χ3v) is 4.95. The van der Waals surface area contributed by atoms with Crippen LogP contribution in [0.15, 0.2) is 36.4 Å². The van der Waals surface area contributed by atoms with Gasteiger partial charge in [-0.25, -0.2) is 0 Å². The highest BCUT2D eigenvalue weighted by Gasteiger charge is 2.19. The summed E-state index contributed by atoms with van der Waals surface area (Å²) in [6.45, 7) is 6.18. The van der Waals surface area contributed by atoms with E-state index in [1.54, 1.807) is 14.2 Å². The van der Waals surface area contributed by atoms with Crippen molar-refractivity contribution < 1.29 is 24.0 Å². The molecule has 0 aliphatic heterocycles. The fourth-order valence-corrected chi connectivity index (χ4v) is 3.35. The molecule has 2 atom stereocenters. The Bertz CT molecular complexity index is 878. The van der Waals surface area contributed by atoms with Crippen molar-refractivity contribution >= 4 is 17.5 Å².